The monoisotopic (exact) mass is 460 g/mol. The summed E-state index contributed by atoms with van der Waals surface area (Å²) >= 11 is 2.78. The Kier molecular flexibility index (Phi) is 5.12. The Bertz CT molecular complexity index is 1480. The average molecular weight is 461 g/mol. The standard InChI is InChI=1S/C23H16N4O3S2/c1-14-4-6-18-20(9-14)32-23(25-18)26(13-15-3-2-8-24-12-15)22(28)21-11-16-10-17(27(29)30)5-7-19(16)31-21/h2-12H,13H2,1H3. The van der Waals surface area contributed by atoms with Gasteiger partial charge in [0, 0.05) is 34.6 Å². The van der Waals surface area contributed by atoms with Crippen LogP contribution in [0.3, 0.4) is 0 Å². The molecule has 5 aromatic rings. The van der Waals surface area contributed by atoms with E-state index in [0.717, 1.165) is 26.0 Å². The molecule has 158 valence electrons. The Morgan fingerprint density at radius 2 is 1.97 bits per heavy atom. The lowest BCUT2D eigenvalue weighted by atomic mass is 10.2. The van der Waals surface area contributed by atoms with Crippen molar-refractivity contribution < 1.29 is 9.72 Å². The topological polar surface area (TPSA) is 89.2 Å². The summed E-state index contributed by atoms with van der Waals surface area (Å²) in [7, 11) is 0. The Hall–Kier alpha value is -3.69. The maximum absolute atomic E-state index is 13.6. The van der Waals surface area contributed by atoms with Crippen LogP contribution in [-0.4, -0.2) is 20.8 Å². The Labute approximate surface area is 190 Å². The number of carbonyl (C=O) groups excluding carboxylic acids is 1. The number of nitrogens with zero attached hydrogens (tertiary/aromatic N) is 4. The van der Waals surface area contributed by atoms with E-state index in [1.165, 1.54) is 34.8 Å². The van der Waals surface area contributed by atoms with Crippen molar-refractivity contribution in [2.24, 2.45) is 0 Å². The number of pyridine rings is 1. The molecule has 32 heavy (non-hydrogen) atoms. The van der Waals surface area contributed by atoms with Gasteiger partial charge in [-0.15, -0.1) is 11.3 Å². The van der Waals surface area contributed by atoms with E-state index in [0.29, 0.717) is 21.9 Å². The molecule has 3 aromatic heterocycles. The second kappa shape index (κ2) is 8.10. The molecule has 7 nitrogen and oxygen atoms in total. The number of amides is 1. The van der Waals surface area contributed by atoms with Crippen LogP contribution in [0.25, 0.3) is 20.3 Å². The van der Waals surface area contributed by atoms with Crippen LogP contribution in [-0.2, 0) is 6.54 Å². The molecule has 0 bridgehead atoms. The number of hydrogen-bond donors (Lipinski definition) is 0. The van der Waals surface area contributed by atoms with E-state index < -0.39 is 4.92 Å². The van der Waals surface area contributed by atoms with Gasteiger partial charge in [-0.1, -0.05) is 23.5 Å². The number of thiophene rings is 1. The number of anilines is 1. The fraction of sp³-hybridized carbons (Fsp3) is 0.0870. The van der Waals surface area contributed by atoms with Gasteiger partial charge in [0.05, 0.1) is 26.6 Å². The highest BCUT2D eigenvalue weighted by Crippen LogP contribution is 2.34. The van der Waals surface area contributed by atoms with Gasteiger partial charge in [0.15, 0.2) is 5.13 Å². The molecule has 0 fully saturated rings. The third-order valence-electron chi connectivity index (χ3n) is 4.99. The Morgan fingerprint density at radius 3 is 2.75 bits per heavy atom. The lowest BCUT2D eigenvalue weighted by molar-refractivity contribution is -0.384. The highest BCUT2D eigenvalue weighted by Gasteiger charge is 2.24. The molecule has 0 saturated heterocycles. The molecule has 0 spiro atoms. The van der Waals surface area contributed by atoms with Crippen LogP contribution >= 0.6 is 22.7 Å². The molecule has 0 saturated carbocycles. The second-order valence-corrected chi connectivity index (χ2v) is 9.40. The van der Waals surface area contributed by atoms with Gasteiger partial charge in [-0.05, 0) is 48.4 Å². The number of aromatic nitrogens is 2. The summed E-state index contributed by atoms with van der Waals surface area (Å²) in [5.74, 6) is -0.200. The van der Waals surface area contributed by atoms with Crippen molar-refractivity contribution in [1.29, 1.82) is 0 Å². The largest absolute Gasteiger partial charge is 0.279 e. The van der Waals surface area contributed by atoms with Crippen LogP contribution in [0.15, 0.2) is 67.0 Å². The first-order valence-corrected chi connectivity index (χ1v) is 11.4. The highest BCUT2D eigenvalue weighted by molar-refractivity contribution is 7.23. The fourth-order valence-corrected chi connectivity index (χ4v) is 5.47. The smallest absolute Gasteiger partial charge is 0.270 e. The molecule has 5 rings (SSSR count). The van der Waals surface area contributed by atoms with Gasteiger partial charge in [0.2, 0.25) is 0 Å². The van der Waals surface area contributed by atoms with Gasteiger partial charge in [-0.25, -0.2) is 4.98 Å². The van der Waals surface area contributed by atoms with E-state index in [-0.39, 0.29) is 11.6 Å². The summed E-state index contributed by atoms with van der Waals surface area (Å²) in [5, 5.41) is 12.4. The number of nitro groups is 1. The van der Waals surface area contributed by atoms with Crippen LogP contribution in [0.2, 0.25) is 0 Å². The number of thiazole rings is 1. The van der Waals surface area contributed by atoms with Crippen LogP contribution in [0, 0.1) is 17.0 Å². The number of fused-ring (bicyclic) bond motifs is 2. The molecule has 0 unspecified atom stereocenters. The van der Waals surface area contributed by atoms with Gasteiger partial charge in [-0.2, -0.15) is 0 Å². The minimum absolute atomic E-state index is 0.00283. The first-order valence-electron chi connectivity index (χ1n) is 9.74. The summed E-state index contributed by atoms with van der Waals surface area (Å²) in [6.07, 6.45) is 3.42. The van der Waals surface area contributed by atoms with Crippen molar-refractivity contribution in [1.82, 2.24) is 9.97 Å². The van der Waals surface area contributed by atoms with Gasteiger partial charge in [0.25, 0.3) is 11.6 Å². The summed E-state index contributed by atoms with van der Waals surface area (Å²) < 4.78 is 1.83. The maximum Gasteiger partial charge on any atom is 0.270 e. The lowest BCUT2D eigenvalue weighted by Crippen LogP contribution is -2.29. The van der Waals surface area contributed by atoms with E-state index >= 15 is 0 Å². The summed E-state index contributed by atoms with van der Waals surface area (Å²) in [5.41, 5.74) is 2.85. The van der Waals surface area contributed by atoms with E-state index in [4.69, 9.17) is 4.98 Å². The fourth-order valence-electron chi connectivity index (χ4n) is 3.42. The van der Waals surface area contributed by atoms with E-state index in [9.17, 15) is 14.9 Å². The predicted molar refractivity (Wildman–Crippen MR) is 128 cm³/mol. The number of carbonyl (C=O) groups is 1. The summed E-state index contributed by atoms with van der Waals surface area (Å²) in [4.78, 5) is 35.3. The highest BCUT2D eigenvalue weighted by atomic mass is 32.1. The average Bonchev–Trinajstić information content (AvgIpc) is 3.40. The third kappa shape index (κ3) is 3.83. The zero-order chi connectivity index (χ0) is 22.2. The predicted octanol–water partition coefficient (Wildman–Crippen LogP) is 5.97. The van der Waals surface area contributed by atoms with Crippen molar-refractivity contribution in [2.75, 3.05) is 4.90 Å². The maximum atomic E-state index is 13.6. The molecule has 9 heteroatoms. The molecule has 0 aliphatic heterocycles. The second-order valence-electron chi connectivity index (χ2n) is 7.31. The van der Waals surface area contributed by atoms with Crippen LogP contribution < -0.4 is 4.90 Å². The van der Waals surface area contributed by atoms with Crippen molar-refractivity contribution in [2.45, 2.75) is 13.5 Å². The quantitative estimate of drug-likeness (QED) is 0.238. The Balaban J connectivity index is 1.58. The third-order valence-corrected chi connectivity index (χ3v) is 7.14. The molecule has 0 N–H and O–H groups in total. The van der Waals surface area contributed by atoms with Gasteiger partial charge in [0.1, 0.15) is 0 Å². The first kappa shape index (κ1) is 20.2. The molecule has 0 atom stereocenters. The van der Waals surface area contributed by atoms with Crippen LogP contribution in [0.5, 0.6) is 0 Å². The lowest BCUT2D eigenvalue weighted by Gasteiger charge is -2.19. The summed E-state index contributed by atoms with van der Waals surface area (Å²) in [6, 6.07) is 16.1. The van der Waals surface area contributed by atoms with Crippen molar-refractivity contribution in [3.8, 4) is 0 Å². The summed E-state index contributed by atoms with van der Waals surface area (Å²) in [6.45, 7) is 2.34. The number of benzene rings is 2. The van der Waals surface area contributed by atoms with E-state index in [2.05, 4.69) is 11.1 Å². The molecule has 1 amide bonds. The SMILES string of the molecule is Cc1ccc2nc(N(Cc3cccnc3)C(=O)c3cc4cc([N+](=O)[O-])ccc4s3)sc2c1. The van der Waals surface area contributed by atoms with Gasteiger partial charge in [-0.3, -0.25) is 24.8 Å². The van der Waals surface area contributed by atoms with E-state index in [1.54, 1.807) is 29.4 Å². The number of non-ortho nitro benzene ring substituents is 1. The normalized spacial score (nSPS) is 11.2. The first-order chi connectivity index (χ1) is 15.5. The number of aryl methyl sites for hydroxylation is 1. The van der Waals surface area contributed by atoms with Crippen LogP contribution in [0.1, 0.15) is 20.8 Å². The Morgan fingerprint density at radius 1 is 1.09 bits per heavy atom. The molecule has 0 aliphatic rings. The van der Waals surface area contributed by atoms with Crippen LogP contribution in [0.4, 0.5) is 10.8 Å². The van der Waals surface area contributed by atoms with Crippen molar-refractivity contribution in [3.05, 3.63) is 93.1 Å². The molecular weight excluding hydrogens is 444 g/mol. The van der Waals surface area contributed by atoms with Gasteiger partial charge >= 0.3 is 0 Å². The molecular formula is C23H16N4O3S2. The zero-order valence-corrected chi connectivity index (χ0v) is 18.5. The minimum atomic E-state index is -0.434. The minimum Gasteiger partial charge on any atom is -0.279 e. The molecule has 0 aliphatic carbocycles. The van der Waals surface area contributed by atoms with Crippen molar-refractivity contribution in [3.63, 3.8) is 0 Å². The number of nitro benzene ring substituents is 1. The van der Waals surface area contributed by atoms with E-state index in [1.807, 2.05) is 31.2 Å². The van der Waals surface area contributed by atoms with Crippen molar-refractivity contribution >= 4 is 59.7 Å². The molecule has 2 aromatic carbocycles. The van der Waals surface area contributed by atoms with Gasteiger partial charge < -0.3 is 0 Å². The number of rotatable bonds is 5. The zero-order valence-electron chi connectivity index (χ0n) is 16.9. The molecule has 3 heterocycles. The number of hydrogen-bond acceptors (Lipinski definition) is 7. The molecule has 0 radical (unpaired) electrons.